The fourth-order valence-electron chi connectivity index (χ4n) is 4.92. The predicted octanol–water partition coefficient (Wildman–Crippen LogP) is 4.46. The fraction of sp³-hybridized carbons (Fsp3) is 0.241. The number of β-amino-alcohol motifs (C(OH)–C–C–N with tert-alkyl or cyclic N) is 1. The number of imidazole rings is 1. The van der Waals surface area contributed by atoms with Crippen molar-refractivity contribution in [3.63, 3.8) is 0 Å². The molecule has 1 saturated heterocycles. The van der Waals surface area contributed by atoms with Gasteiger partial charge in [0.1, 0.15) is 33.9 Å². The molecule has 0 spiro atoms. The van der Waals surface area contributed by atoms with Crippen molar-refractivity contribution >= 4 is 33.8 Å². The average molecular weight is 569 g/mol. The van der Waals surface area contributed by atoms with E-state index in [1.165, 1.54) is 23.5 Å². The number of rotatable bonds is 6. The van der Waals surface area contributed by atoms with Crippen molar-refractivity contribution in [3.8, 4) is 28.5 Å². The number of halogens is 1. The van der Waals surface area contributed by atoms with Crippen LogP contribution >= 0.6 is 11.3 Å². The molecular weight excluding hydrogens is 543 g/mol. The molecule has 5 heterocycles. The van der Waals surface area contributed by atoms with Gasteiger partial charge in [-0.05, 0) is 49.2 Å². The molecule has 0 radical (unpaired) electrons. The first kappa shape index (κ1) is 26.5. The van der Waals surface area contributed by atoms with Crippen LogP contribution in [0.25, 0.3) is 28.0 Å². The molecule has 0 aliphatic carbocycles. The molecular formula is C29H25FN8O2S. The topological polar surface area (TPSA) is 124 Å². The second-order valence-electron chi connectivity index (χ2n) is 9.72. The van der Waals surface area contributed by atoms with Gasteiger partial charge in [-0.1, -0.05) is 18.3 Å². The molecule has 1 amide bonds. The van der Waals surface area contributed by atoms with Gasteiger partial charge in [-0.25, -0.2) is 24.3 Å². The Balaban J connectivity index is 1.35. The van der Waals surface area contributed by atoms with Gasteiger partial charge in [0.25, 0.3) is 5.91 Å². The van der Waals surface area contributed by atoms with Gasteiger partial charge < -0.3 is 14.9 Å². The largest absolute Gasteiger partial charge is 0.391 e. The minimum absolute atomic E-state index is 0.0919. The fourth-order valence-corrected chi connectivity index (χ4v) is 5.77. The number of hydrogen-bond donors (Lipinski definition) is 1. The summed E-state index contributed by atoms with van der Waals surface area (Å²) < 4.78 is 15.5. The van der Waals surface area contributed by atoms with Gasteiger partial charge >= 0.3 is 0 Å². The van der Waals surface area contributed by atoms with Crippen LogP contribution in [0.5, 0.6) is 0 Å². The lowest BCUT2D eigenvalue weighted by atomic mass is 10.1. The number of anilines is 2. The number of fused-ring (bicyclic) bond motifs is 1. The first-order valence-corrected chi connectivity index (χ1v) is 13.9. The van der Waals surface area contributed by atoms with Crippen LogP contribution in [0, 0.1) is 17.1 Å². The van der Waals surface area contributed by atoms with Crippen LogP contribution in [0.2, 0.25) is 0 Å². The minimum Gasteiger partial charge on any atom is -0.391 e. The van der Waals surface area contributed by atoms with Gasteiger partial charge in [0, 0.05) is 55.4 Å². The highest BCUT2D eigenvalue weighted by Crippen LogP contribution is 2.37. The van der Waals surface area contributed by atoms with Gasteiger partial charge in [-0.2, -0.15) is 5.26 Å². The first-order chi connectivity index (χ1) is 19.9. The standard InChI is InChI=1S/C29H25FN8O2S/c1-3-22-27(36(2)29-35-25(23(12-31)41-29)17-4-7-20(30)8-5-17)38-15-18(6-9-24(38)34-22)19-13-32-26(33-14-19)28(40)37-11-10-21(39)16-37/h4-9,13-15,21,39H,3,10-11,16H2,1-2H3. The van der Waals surface area contributed by atoms with Crippen LogP contribution in [0.3, 0.4) is 0 Å². The Morgan fingerprint density at radius 3 is 2.54 bits per heavy atom. The number of aryl methyl sites for hydroxylation is 1. The number of hydrogen-bond acceptors (Lipinski definition) is 9. The molecule has 1 unspecified atom stereocenters. The van der Waals surface area contributed by atoms with Crippen LogP contribution in [0.1, 0.15) is 34.5 Å². The highest BCUT2D eigenvalue weighted by atomic mass is 32.1. The first-order valence-electron chi connectivity index (χ1n) is 13.1. The molecule has 1 N–H and O–H groups in total. The Labute approximate surface area is 239 Å². The van der Waals surface area contributed by atoms with Crippen LogP contribution in [0.4, 0.5) is 15.3 Å². The molecule has 5 aromatic rings. The van der Waals surface area contributed by atoms with Crippen LogP contribution in [-0.4, -0.2) is 66.5 Å². The second kappa shape index (κ2) is 10.7. The number of nitrogens with zero attached hydrogens (tertiary/aromatic N) is 8. The molecule has 1 fully saturated rings. The number of benzene rings is 1. The van der Waals surface area contributed by atoms with Crippen molar-refractivity contribution in [1.82, 2.24) is 29.2 Å². The number of carbonyl (C=O) groups is 1. The summed E-state index contributed by atoms with van der Waals surface area (Å²) >= 11 is 1.26. The lowest BCUT2D eigenvalue weighted by Gasteiger charge is -2.17. The third-order valence-corrected chi connectivity index (χ3v) is 8.10. The minimum atomic E-state index is -0.508. The summed E-state index contributed by atoms with van der Waals surface area (Å²) in [5, 5.41) is 20.1. The molecule has 12 heteroatoms. The smallest absolute Gasteiger partial charge is 0.291 e. The number of amides is 1. The highest BCUT2D eigenvalue weighted by Gasteiger charge is 2.27. The monoisotopic (exact) mass is 568 g/mol. The van der Waals surface area contributed by atoms with Gasteiger partial charge in [-0.3, -0.25) is 9.20 Å². The van der Waals surface area contributed by atoms with Gasteiger partial charge in [0.2, 0.25) is 5.82 Å². The maximum atomic E-state index is 13.5. The van der Waals surface area contributed by atoms with Gasteiger partial charge in [0.05, 0.1) is 11.8 Å². The normalized spacial score (nSPS) is 14.9. The van der Waals surface area contributed by atoms with E-state index in [-0.39, 0.29) is 24.1 Å². The number of thiazole rings is 1. The quantitative estimate of drug-likeness (QED) is 0.318. The van der Waals surface area contributed by atoms with Crippen molar-refractivity contribution in [2.24, 2.45) is 0 Å². The maximum absolute atomic E-state index is 13.5. The van der Waals surface area contributed by atoms with E-state index >= 15 is 0 Å². The summed E-state index contributed by atoms with van der Waals surface area (Å²) in [5.41, 5.74) is 4.31. The van der Waals surface area contributed by atoms with Gasteiger partial charge in [0.15, 0.2) is 5.13 Å². The molecule has 1 aromatic carbocycles. The van der Waals surface area contributed by atoms with Gasteiger partial charge in [-0.15, -0.1) is 0 Å². The van der Waals surface area contributed by atoms with E-state index in [0.29, 0.717) is 40.7 Å². The maximum Gasteiger partial charge on any atom is 0.291 e. The molecule has 1 aliphatic heterocycles. The SMILES string of the molecule is CCc1nc2ccc(-c3cnc(C(=O)N4CCC(O)C4)nc3)cn2c1N(C)c1nc(-c2ccc(F)cc2)c(C#N)s1. The number of aromatic nitrogens is 5. The molecule has 0 saturated carbocycles. The number of pyridine rings is 1. The number of likely N-dealkylation sites (tertiary alicyclic amines) is 1. The van der Waals surface area contributed by atoms with Crippen molar-refractivity contribution in [3.05, 3.63) is 77.2 Å². The van der Waals surface area contributed by atoms with E-state index in [9.17, 15) is 19.6 Å². The zero-order chi connectivity index (χ0) is 28.7. The molecule has 0 bridgehead atoms. The number of aliphatic hydroxyl groups excluding tert-OH is 1. The van der Waals surface area contributed by atoms with Crippen molar-refractivity contribution in [1.29, 1.82) is 5.26 Å². The zero-order valence-corrected chi connectivity index (χ0v) is 23.1. The average Bonchev–Trinajstić information content (AvgIpc) is 3.73. The molecule has 4 aromatic heterocycles. The van der Waals surface area contributed by atoms with Crippen molar-refractivity contribution < 1.29 is 14.3 Å². The van der Waals surface area contributed by atoms with E-state index in [1.54, 1.807) is 29.4 Å². The summed E-state index contributed by atoms with van der Waals surface area (Å²) in [6.07, 6.45) is 5.88. The molecule has 1 atom stereocenters. The lowest BCUT2D eigenvalue weighted by Crippen LogP contribution is -2.30. The van der Waals surface area contributed by atoms with Crippen LogP contribution < -0.4 is 4.90 Å². The molecule has 6 rings (SSSR count). The summed E-state index contributed by atoms with van der Waals surface area (Å²) in [5.74, 6) is 0.240. The summed E-state index contributed by atoms with van der Waals surface area (Å²) in [6.45, 7) is 2.80. The van der Waals surface area contributed by atoms with E-state index in [2.05, 4.69) is 16.0 Å². The van der Waals surface area contributed by atoms with E-state index < -0.39 is 6.10 Å². The second-order valence-corrected chi connectivity index (χ2v) is 10.7. The van der Waals surface area contributed by atoms with Crippen LogP contribution in [0.15, 0.2) is 55.0 Å². The van der Waals surface area contributed by atoms with Crippen LogP contribution in [-0.2, 0) is 6.42 Å². The third-order valence-electron chi connectivity index (χ3n) is 7.06. The molecule has 41 heavy (non-hydrogen) atoms. The summed E-state index contributed by atoms with van der Waals surface area (Å²) in [4.78, 5) is 34.8. The number of aliphatic hydroxyl groups is 1. The molecule has 10 nitrogen and oxygen atoms in total. The van der Waals surface area contributed by atoms with Crippen molar-refractivity contribution in [2.75, 3.05) is 25.0 Å². The van der Waals surface area contributed by atoms with E-state index in [1.807, 2.05) is 41.6 Å². The molecule has 1 aliphatic rings. The summed E-state index contributed by atoms with van der Waals surface area (Å²) in [6, 6.07) is 12.0. The molecule has 206 valence electrons. The summed E-state index contributed by atoms with van der Waals surface area (Å²) in [7, 11) is 1.88. The third kappa shape index (κ3) is 4.90. The zero-order valence-electron chi connectivity index (χ0n) is 22.3. The Kier molecular flexibility index (Phi) is 6.90. The Bertz CT molecular complexity index is 1790. The Hall–Kier alpha value is -4.73. The van der Waals surface area contributed by atoms with Crippen molar-refractivity contribution in [2.45, 2.75) is 25.9 Å². The van der Waals surface area contributed by atoms with E-state index in [0.717, 1.165) is 28.3 Å². The predicted molar refractivity (Wildman–Crippen MR) is 152 cm³/mol. The van der Waals surface area contributed by atoms with E-state index in [4.69, 9.17) is 9.97 Å². The number of nitriles is 1. The number of carbonyl (C=O) groups excluding carboxylic acids is 1. The lowest BCUT2D eigenvalue weighted by molar-refractivity contribution is 0.0753. The Morgan fingerprint density at radius 1 is 1.15 bits per heavy atom. The highest BCUT2D eigenvalue weighted by molar-refractivity contribution is 7.16. The Morgan fingerprint density at radius 2 is 1.88 bits per heavy atom.